The zero-order valence-corrected chi connectivity index (χ0v) is 10.7. The number of benzene rings is 1. The molecule has 1 aliphatic heterocycles. The van der Waals surface area contributed by atoms with Crippen LogP contribution in [-0.2, 0) is 6.54 Å². The summed E-state index contributed by atoms with van der Waals surface area (Å²) in [5, 5.41) is 0. The molecule has 1 aliphatic rings. The molecule has 2 N–H and O–H groups in total. The van der Waals surface area contributed by atoms with Crippen molar-refractivity contribution in [1.29, 1.82) is 0 Å². The quantitative estimate of drug-likeness (QED) is 0.813. The highest BCUT2D eigenvalue weighted by molar-refractivity contribution is 7.98. The van der Waals surface area contributed by atoms with E-state index in [1.165, 1.54) is 30.0 Å². The van der Waals surface area contributed by atoms with Gasteiger partial charge in [0.25, 0.3) is 0 Å². The van der Waals surface area contributed by atoms with Gasteiger partial charge < -0.3 is 5.73 Å². The zero-order chi connectivity index (χ0) is 11.4. The van der Waals surface area contributed by atoms with Crippen LogP contribution < -0.4 is 5.73 Å². The molecule has 2 nitrogen and oxygen atoms in total. The average Bonchev–Trinajstić information content (AvgIpc) is 2.78. The van der Waals surface area contributed by atoms with Gasteiger partial charge >= 0.3 is 0 Å². The van der Waals surface area contributed by atoms with Gasteiger partial charge in [0.15, 0.2) is 0 Å². The molecule has 1 saturated heterocycles. The van der Waals surface area contributed by atoms with Crippen LogP contribution in [0.25, 0.3) is 0 Å². The van der Waals surface area contributed by atoms with Crippen molar-refractivity contribution < 1.29 is 0 Å². The maximum Gasteiger partial charge on any atom is 0.0233 e. The number of nitrogens with zero attached hydrogens (tertiary/aromatic N) is 1. The van der Waals surface area contributed by atoms with Gasteiger partial charge in [-0.3, -0.25) is 4.90 Å². The van der Waals surface area contributed by atoms with E-state index in [0.29, 0.717) is 5.92 Å². The Balaban J connectivity index is 1.89. The van der Waals surface area contributed by atoms with Crippen molar-refractivity contribution in [3.63, 3.8) is 0 Å². The van der Waals surface area contributed by atoms with Crippen molar-refractivity contribution in [2.45, 2.75) is 17.9 Å². The summed E-state index contributed by atoms with van der Waals surface area (Å²) in [5.74, 6) is 0.713. The molecule has 16 heavy (non-hydrogen) atoms. The summed E-state index contributed by atoms with van der Waals surface area (Å²) < 4.78 is 0. The highest BCUT2D eigenvalue weighted by Crippen LogP contribution is 2.19. The highest BCUT2D eigenvalue weighted by atomic mass is 32.2. The van der Waals surface area contributed by atoms with Gasteiger partial charge in [0.1, 0.15) is 0 Å². The van der Waals surface area contributed by atoms with Crippen molar-refractivity contribution in [2.75, 3.05) is 25.9 Å². The zero-order valence-electron chi connectivity index (χ0n) is 9.86. The molecular weight excluding hydrogens is 216 g/mol. The van der Waals surface area contributed by atoms with Gasteiger partial charge in [0.05, 0.1) is 0 Å². The van der Waals surface area contributed by atoms with Crippen LogP contribution in [0.15, 0.2) is 29.2 Å². The van der Waals surface area contributed by atoms with Crippen LogP contribution in [0.3, 0.4) is 0 Å². The van der Waals surface area contributed by atoms with Gasteiger partial charge in [0.2, 0.25) is 0 Å². The predicted molar refractivity (Wildman–Crippen MR) is 70.7 cm³/mol. The first kappa shape index (κ1) is 12.0. The first-order chi connectivity index (χ1) is 7.81. The third-order valence-corrected chi connectivity index (χ3v) is 4.01. The fourth-order valence-corrected chi connectivity index (χ4v) is 2.65. The van der Waals surface area contributed by atoms with Crippen LogP contribution in [0.4, 0.5) is 0 Å². The second-order valence-corrected chi connectivity index (χ2v) is 5.35. The number of thioether (sulfide) groups is 1. The smallest absolute Gasteiger partial charge is 0.0233 e. The Morgan fingerprint density at radius 1 is 1.38 bits per heavy atom. The molecule has 0 aliphatic carbocycles. The van der Waals surface area contributed by atoms with Gasteiger partial charge in [-0.1, -0.05) is 12.1 Å². The summed E-state index contributed by atoms with van der Waals surface area (Å²) in [4.78, 5) is 3.84. The van der Waals surface area contributed by atoms with Crippen molar-refractivity contribution in [2.24, 2.45) is 11.7 Å². The summed E-state index contributed by atoms with van der Waals surface area (Å²) in [6, 6.07) is 8.89. The minimum atomic E-state index is 0.713. The van der Waals surface area contributed by atoms with E-state index in [2.05, 4.69) is 35.4 Å². The molecule has 88 valence electrons. The fourth-order valence-electron chi connectivity index (χ4n) is 2.24. The molecule has 2 rings (SSSR count). The maximum absolute atomic E-state index is 5.70. The van der Waals surface area contributed by atoms with Gasteiger partial charge in [-0.2, -0.15) is 0 Å². The largest absolute Gasteiger partial charge is 0.330 e. The SMILES string of the molecule is CSc1ccc(CN2CCC(CN)C2)cc1. The molecule has 1 aromatic rings. The van der Waals surface area contributed by atoms with E-state index >= 15 is 0 Å². The molecular formula is C13H20N2S. The van der Waals surface area contributed by atoms with Crippen molar-refractivity contribution in [3.8, 4) is 0 Å². The van der Waals surface area contributed by atoms with Crippen LogP contribution in [0.2, 0.25) is 0 Å². The van der Waals surface area contributed by atoms with Crippen molar-refractivity contribution in [3.05, 3.63) is 29.8 Å². The van der Waals surface area contributed by atoms with E-state index < -0.39 is 0 Å². The molecule has 1 fully saturated rings. The highest BCUT2D eigenvalue weighted by Gasteiger charge is 2.20. The average molecular weight is 236 g/mol. The first-order valence-electron chi connectivity index (χ1n) is 5.87. The van der Waals surface area contributed by atoms with Crippen molar-refractivity contribution in [1.82, 2.24) is 4.90 Å². The third kappa shape index (κ3) is 3.00. The Labute approximate surface area is 102 Å². The summed E-state index contributed by atoms with van der Waals surface area (Å²) >= 11 is 1.79. The normalized spacial score (nSPS) is 21.5. The van der Waals surface area contributed by atoms with E-state index in [-0.39, 0.29) is 0 Å². The summed E-state index contributed by atoms with van der Waals surface area (Å²) in [5.41, 5.74) is 7.11. The Bertz CT molecular complexity index is 323. The van der Waals surface area contributed by atoms with Gasteiger partial charge in [-0.15, -0.1) is 11.8 Å². The number of hydrogen-bond donors (Lipinski definition) is 1. The number of likely N-dealkylation sites (tertiary alicyclic amines) is 1. The van der Waals surface area contributed by atoms with E-state index in [9.17, 15) is 0 Å². The maximum atomic E-state index is 5.70. The lowest BCUT2D eigenvalue weighted by Crippen LogP contribution is -2.22. The Hall–Kier alpha value is -0.510. The standard InChI is InChI=1S/C13H20N2S/c1-16-13-4-2-11(3-5-13)9-15-7-6-12(8-14)10-15/h2-5,12H,6-10,14H2,1H3. The number of hydrogen-bond acceptors (Lipinski definition) is 3. The van der Waals surface area contributed by atoms with Gasteiger partial charge in [-0.05, 0) is 49.4 Å². The van der Waals surface area contributed by atoms with Crippen LogP contribution >= 0.6 is 11.8 Å². The van der Waals surface area contributed by atoms with E-state index in [1.54, 1.807) is 11.8 Å². The molecule has 1 aromatic carbocycles. The third-order valence-electron chi connectivity index (χ3n) is 3.27. The minimum absolute atomic E-state index is 0.713. The number of nitrogens with two attached hydrogens (primary N) is 1. The molecule has 0 aromatic heterocycles. The van der Waals surface area contributed by atoms with Crippen LogP contribution in [0, 0.1) is 5.92 Å². The summed E-state index contributed by atoms with van der Waals surface area (Å²) in [6.07, 6.45) is 3.38. The van der Waals surface area contributed by atoms with E-state index in [4.69, 9.17) is 5.73 Å². The molecule has 1 atom stereocenters. The second kappa shape index (κ2) is 5.71. The van der Waals surface area contributed by atoms with E-state index in [1.807, 2.05) is 0 Å². The molecule has 0 radical (unpaired) electrons. The lowest BCUT2D eigenvalue weighted by Gasteiger charge is -2.15. The van der Waals surface area contributed by atoms with Gasteiger partial charge in [-0.25, -0.2) is 0 Å². The lowest BCUT2D eigenvalue weighted by molar-refractivity contribution is 0.318. The Kier molecular flexibility index (Phi) is 4.27. The lowest BCUT2D eigenvalue weighted by atomic mass is 10.1. The van der Waals surface area contributed by atoms with Crippen LogP contribution in [0.1, 0.15) is 12.0 Å². The van der Waals surface area contributed by atoms with E-state index in [0.717, 1.165) is 13.1 Å². The van der Waals surface area contributed by atoms with Gasteiger partial charge in [0, 0.05) is 18.0 Å². The topological polar surface area (TPSA) is 29.3 Å². The molecule has 3 heteroatoms. The molecule has 0 saturated carbocycles. The fraction of sp³-hybridized carbons (Fsp3) is 0.538. The van der Waals surface area contributed by atoms with Crippen LogP contribution in [0.5, 0.6) is 0 Å². The predicted octanol–water partition coefficient (Wildman–Crippen LogP) is 2.19. The molecule has 0 spiro atoms. The molecule has 0 amide bonds. The second-order valence-electron chi connectivity index (χ2n) is 4.47. The first-order valence-corrected chi connectivity index (χ1v) is 7.09. The van der Waals surface area contributed by atoms with Crippen LogP contribution in [-0.4, -0.2) is 30.8 Å². The Morgan fingerprint density at radius 2 is 2.12 bits per heavy atom. The summed E-state index contributed by atoms with van der Waals surface area (Å²) in [6.45, 7) is 4.28. The molecule has 1 heterocycles. The monoisotopic (exact) mass is 236 g/mol. The molecule has 0 bridgehead atoms. The number of rotatable bonds is 4. The minimum Gasteiger partial charge on any atom is -0.330 e. The molecule has 1 unspecified atom stereocenters. The summed E-state index contributed by atoms with van der Waals surface area (Å²) in [7, 11) is 0. The Morgan fingerprint density at radius 3 is 2.69 bits per heavy atom. The van der Waals surface area contributed by atoms with Crippen molar-refractivity contribution >= 4 is 11.8 Å².